The van der Waals surface area contributed by atoms with E-state index in [4.69, 9.17) is 5.73 Å². The van der Waals surface area contributed by atoms with Crippen LogP contribution in [0.25, 0.3) is 0 Å². The van der Waals surface area contributed by atoms with Crippen LogP contribution in [0.3, 0.4) is 0 Å². The number of nitrogens with zero attached hydrogens (tertiary/aromatic N) is 1. The van der Waals surface area contributed by atoms with E-state index in [2.05, 4.69) is 10.2 Å². The second-order valence-corrected chi connectivity index (χ2v) is 3.90. The van der Waals surface area contributed by atoms with Gasteiger partial charge in [-0.05, 0) is 26.0 Å². The first-order chi connectivity index (χ1) is 7.58. The van der Waals surface area contributed by atoms with Crippen molar-refractivity contribution in [1.29, 1.82) is 0 Å². The summed E-state index contributed by atoms with van der Waals surface area (Å²) in [6, 6.07) is 5.72. The second-order valence-electron chi connectivity index (χ2n) is 3.90. The van der Waals surface area contributed by atoms with Crippen molar-refractivity contribution in [3.63, 3.8) is 0 Å². The normalized spacial score (nSPS) is 10.4. The number of ketones is 1. The number of nitrogen functional groups attached to an aromatic ring is 1. The molecule has 0 aliphatic carbocycles. The zero-order chi connectivity index (χ0) is 11.7. The van der Waals surface area contributed by atoms with E-state index in [1.165, 1.54) is 6.20 Å². The van der Waals surface area contributed by atoms with Crippen LogP contribution in [-0.4, -0.2) is 16.0 Å². The van der Waals surface area contributed by atoms with Crippen LogP contribution in [0.15, 0.2) is 24.4 Å². The molecular formula is C12H13N3O. The summed E-state index contributed by atoms with van der Waals surface area (Å²) in [5.41, 5.74) is 8.80. The molecule has 0 bridgehead atoms. The van der Waals surface area contributed by atoms with E-state index in [-0.39, 0.29) is 5.78 Å². The third-order valence-electron chi connectivity index (χ3n) is 2.40. The van der Waals surface area contributed by atoms with Crippen LogP contribution >= 0.6 is 0 Å². The number of carbonyl (C=O) groups is 1. The highest BCUT2D eigenvalue weighted by Crippen LogP contribution is 2.16. The molecule has 2 rings (SSSR count). The summed E-state index contributed by atoms with van der Waals surface area (Å²) in [7, 11) is 0. The van der Waals surface area contributed by atoms with Crippen LogP contribution in [0.5, 0.6) is 0 Å². The summed E-state index contributed by atoms with van der Waals surface area (Å²) in [4.78, 5) is 12.1. The number of hydrogen-bond acceptors (Lipinski definition) is 3. The average molecular weight is 215 g/mol. The van der Waals surface area contributed by atoms with Gasteiger partial charge in [0.1, 0.15) is 5.82 Å². The van der Waals surface area contributed by atoms with Gasteiger partial charge in [0.05, 0.1) is 11.8 Å². The van der Waals surface area contributed by atoms with Crippen LogP contribution in [-0.2, 0) is 0 Å². The molecule has 1 aromatic heterocycles. The molecule has 0 aliphatic rings. The Morgan fingerprint density at radius 1 is 1.25 bits per heavy atom. The van der Waals surface area contributed by atoms with Gasteiger partial charge in [-0.3, -0.25) is 9.89 Å². The van der Waals surface area contributed by atoms with Crippen molar-refractivity contribution in [3.8, 4) is 0 Å². The Hall–Kier alpha value is -2.10. The zero-order valence-corrected chi connectivity index (χ0v) is 9.24. The molecule has 0 saturated carbocycles. The fourth-order valence-corrected chi connectivity index (χ4v) is 1.74. The standard InChI is InChI=1S/C12H13N3O/c1-7-3-8(2)5-9(4-7)11(16)10-6-14-15-12(10)13/h3-6H,1-2H3,(H3,13,14,15). The predicted octanol–water partition coefficient (Wildman–Crippen LogP) is 1.84. The quantitative estimate of drug-likeness (QED) is 0.751. The third-order valence-corrected chi connectivity index (χ3v) is 2.40. The van der Waals surface area contributed by atoms with Gasteiger partial charge in [0.15, 0.2) is 5.78 Å². The Balaban J connectivity index is 2.45. The molecule has 0 aliphatic heterocycles. The fraction of sp³-hybridized carbons (Fsp3) is 0.167. The van der Waals surface area contributed by atoms with Gasteiger partial charge in [0.2, 0.25) is 0 Å². The Kier molecular flexibility index (Phi) is 2.48. The number of nitrogens with one attached hydrogen (secondary N) is 1. The first-order valence-corrected chi connectivity index (χ1v) is 5.00. The van der Waals surface area contributed by atoms with Gasteiger partial charge in [-0.15, -0.1) is 0 Å². The topological polar surface area (TPSA) is 71.8 Å². The Morgan fingerprint density at radius 2 is 1.88 bits per heavy atom. The van der Waals surface area contributed by atoms with Gasteiger partial charge in [0, 0.05) is 5.56 Å². The first-order valence-electron chi connectivity index (χ1n) is 5.00. The molecule has 0 unspecified atom stereocenters. The Bertz CT molecular complexity index is 523. The minimum Gasteiger partial charge on any atom is -0.383 e. The number of benzene rings is 1. The molecule has 0 radical (unpaired) electrons. The van der Waals surface area contributed by atoms with Crippen LogP contribution in [0.1, 0.15) is 27.0 Å². The van der Waals surface area contributed by atoms with Gasteiger partial charge in [-0.1, -0.05) is 17.2 Å². The van der Waals surface area contributed by atoms with Gasteiger partial charge < -0.3 is 5.73 Å². The first kappa shape index (κ1) is 10.4. The van der Waals surface area contributed by atoms with Gasteiger partial charge in [0.25, 0.3) is 0 Å². The number of hydrogen-bond donors (Lipinski definition) is 2. The number of H-pyrrole nitrogens is 1. The highest BCUT2D eigenvalue weighted by Gasteiger charge is 2.14. The van der Waals surface area contributed by atoms with E-state index >= 15 is 0 Å². The van der Waals surface area contributed by atoms with E-state index in [0.29, 0.717) is 16.9 Å². The van der Waals surface area contributed by atoms with Crippen molar-refractivity contribution in [2.75, 3.05) is 5.73 Å². The lowest BCUT2D eigenvalue weighted by atomic mass is 10.0. The number of aromatic nitrogens is 2. The molecule has 0 fully saturated rings. The molecule has 0 amide bonds. The molecule has 0 saturated heterocycles. The van der Waals surface area contributed by atoms with Crippen molar-refractivity contribution in [3.05, 3.63) is 46.6 Å². The smallest absolute Gasteiger partial charge is 0.198 e. The lowest BCUT2D eigenvalue weighted by Crippen LogP contribution is -2.04. The maximum Gasteiger partial charge on any atom is 0.198 e. The molecule has 1 aromatic carbocycles. The second kappa shape index (κ2) is 3.81. The van der Waals surface area contributed by atoms with Crippen LogP contribution in [0.4, 0.5) is 5.82 Å². The van der Waals surface area contributed by atoms with Gasteiger partial charge in [-0.25, -0.2) is 0 Å². The largest absolute Gasteiger partial charge is 0.383 e. The highest BCUT2D eigenvalue weighted by molar-refractivity contribution is 6.11. The molecule has 3 N–H and O–H groups in total. The maximum atomic E-state index is 12.1. The van der Waals surface area contributed by atoms with Crippen molar-refractivity contribution in [2.24, 2.45) is 0 Å². The monoisotopic (exact) mass is 215 g/mol. The number of nitrogens with two attached hydrogens (primary N) is 1. The highest BCUT2D eigenvalue weighted by atomic mass is 16.1. The number of rotatable bonds is 2. The average Bonchev–Trinajstić information content (AvgIpc) is 2.62. The van der Waals surface area contributed by atoms with Crippen molar-refractivity contribution in [2.45, 2.75) is 13.8 Å². The summed E-state index contributed by atoms with van der Waals surface area (Å²) in [6.07, 6.45) is 1.45. The third kappa shape index (κ3) is 1.82. The molecule has 82 valence electrons. The molecule has 16 heavy (non-hydrogen) atoms. The molecule has 1 heterocycles. The molecule has 4 heteroatoms. The van der Waals surface area contributed by atoms with Gasteiger partial charge >= 0.3 is 0 Å². The molecule has 0 spiro atoms. The number of anilines is 1. The van der Waals surface area contributed by atoms with Gasteiger partial charge in [-0.2, -0.15) is 5.10 Å². The summed E-state index contributed by atoms with van der Waals surface area (Å²) >= 11 is 0. The maximum absolute atomic E-state index is 12.1. The van der Waals surface area contributed by atoms with E-state index in [1.807, 2.05) is 32.0 Å². The van der Waals surface area contributed by atoms with Crippen LogP contribution in [0, 0.1) is 13.8 Å². The van der Waals surface area contributed by atoms with E-state index in [9.17, 15) is 4.79 Å². The number of carbonyl (C=O) groups excluding carboxylic acids is 1. The molecule has 2 aromatic rings. The minimum atomic E-state index is -0.0990. The van der Waals surface area contributed by atoms with E-state index in [0.717, 1.165) is 11.1 Å². The van der Waals surface area contributed by atoms with Crippen molar-refractivity contribution >= 4 is 11.6 Å². The minimum absolute atomic E-state index is 0.0990. The molecule has 0 atom stereocenters. The molecule has 4 nitrogen and oxygen atoms in total. The number of aryl methyl sites for hydroxylation is 2. The molecular weight excluding hydrogens is 202 g/mol. The van der Waals surface area contributed by atoms with Crippen molar-refractivity contribution in [1.82, 2.24) is 10.2 Å². The van der Waals surface area contributed by atoms with E-state index in [1.54, 1.807) is 0 Å². The lowest BCUT2D eigenvalue weighted by molar-refractivity contribution is 0.103. The Labute approximate surface area is 93.5 Å². The fourth-order valence-electron chi connectivity index (χ4n) is 1.74. The van der Waals surface area contributed by atoms with E-state index < -0.39 is 0 Å². The number of aromatic amines is 1. The van der Waals surface area contributed by atoms with Crippen molar-refractivity contribution < 1.29 is 4.79 Å². The summed E-state index contributed by atoms with van der Waals surface area (Å²) < 4.78 is 0. The predicted molar refractivity (Wildman–Crippen MR) is 62.3 cm³/mol. The Morgan fingerprint density at radius 3 is 2.38 bits per heavy atom. The SMILES string of the molecule is Cc1cc(C)cc(C(=O)c2cn[nH]c2N)c1. The summed E-state index contributed by atoms with van der Waals surface area (Å²) in [5, 5.41) is 6.30. The van der Waals surface area contributed by atoms with Crippen LogP contribution < -0.4 is 5.73 Å². The summed E-state index contributed by atoms with van der Waals surface area (Å²) in [6.45, 7) is 3.92. The zero-order valence-electron chi connectivity index (χ0n) is 9.24. The summed E-state index contributed by atoms with van der Waals surface area (Å²) in [5.74, 6) is 0.210. The van der Waals surface area contributed by atoms with Crippen LogP contribution in [0.2, 0.25) is 0 Å². The lowest BCUT2D eigenvalue weighted by Gasteiger charge is -2.03.